The number of carbonyl (C=O) groups is 1. The van der Waals surface area contributed by atoms with E-state index in [0.717, 1.165) is 58.2 Å². The van der Waals surface area contributed by atoms with Crippen molar-refractivity contribution in [2.75, 3.05) is 0 Å². The summed E-state index contributed by atoms with van der Waals surface area (Å²) in [5, 5.41) is 10.6. The van der Waals surface area contributed by atoms with Crippen LogP contribution in [0.4, 0.5) is 0 Å². The van der Waals surface area contributed by atoms with Crippen LogP contribution in [0.5, 0.6) is 0 Å². The van der Waals surface area contributed by atoms with Gasteiger partial charge in [0.1, 0.15) is 0 Å². The van der Waals surface area contributed by atoms with Crippen LogP contribution in [0.2, 0.25) is 0 Å². The minimum atomic E-state index is -2.43. The fourth-order valence-electron chi connectivity index (χ4n) is 4.85. The molecule has 2 aromatic heterocycles. The third kappa shape index (κ3) is 8.95. The van der Waals surface area contributed by atoms with Gasteiger partial charge in [-0.3, -0.25) is 4.79 Å². The van der Waals surface area contributed by atoms with Gasteiger partial charge < -0.3 is 10.1 Å². The van der Waals surface area contributed by atoms with Gasteiger partial charge in [-0.1, -0.05) is 65.8 Å². The van der Waals surface area contributed by atoms with Gasteiger partial charge in [-0.25, -0.2) is 0 Å². The molecule has 0 fully saturated rings. The maximum Gasteiger partial charge on any atom is 0.162 e. The largest absolute Gasteiger partial charge is 0.512 e. The van der Waals surface area contributed by atoms with Crippen LogP contribution in [0.25, 0.3) is 31.8 Å². The van der Waals surface area contributed by atoms with Gasteiger partial charge in [-0.15, -0.1) is 46.2 Å². The van der Waals surface area contributed by atoms with Crippen molar-refractivity contribution in [1.29, 1.82) is 0 Å². The molecule has 5 heteroatoms. The normalized spacial score (nSPS) is 14.2. The van der Waals surface area contributed by atoms with Crippen molar-refractivity contribution in [3.8, 4) is 21.7 Å². The summed E-state index contributed by atoms with van der Waals surface area (Å²) in [7, 11) is 0. The number of hydrogen-bond acceptors (Lipinski definition) is 4. The summed E-state index contributed by atoms with van der Waals surface area (Å²) in [5.41, 5.74) is 4.15. The number of carbonyl (C=O) groups excluding carboxylic acids is 1. The van der Waals surface area contributed by atoms with Crippen molar-refractivity contribution in [3.05, 3.63) is 88.8 Å². The Morgan fingerprint density at radius 2 is 1.63 bits per heavy atom. The summed E-state index contributed by atoms with van der Waals surface area (Å²) in [6.45, 7) is 7.23. The molecule has 0 saturated heterocycles. The first-order valence-electron chi connectivity index (χ1n) is 17.0. The van der Waals surface area contributed by atoms with Gasteiger partial charge in [0, 0.05) is 57.3 Å². The van der Waals surface area contributed by atoms with Crippen LogP contribution in [0.1, 0.15) is 83.9 Å². The van der Waals surface area contributed by atoms with E-state index in [9.17, 15) is 9.90 Å². The van der Waals surface area contributed by atoms with E-state index in [1.54, 1.807) is 6.20 Å². The Morgan fingerprint density at radius 1 is 1.00 bits per heavy atom. The SMILES string of the molecule is CCC(CC)C(=O)/C=C(\O)C(CC)CC.[2H]C([2H])([2H])c1cccc(C([2H])([2H])[2H])c1-c1cc2cc(-c3[c-]c(C)cc(C)c3)ncc2s1.[Ir]. The number of aliphatic hydroxyl groups is 1. The molecule has 4 aromatic rings. The van der Waals surface area contributed by atoms with Crippen molar-refractivity contribution in [2.45, 2.75) is 80.9 Å². The van der Waals surface area contributed by atoms with Crippen LogP contribution in [-0.2, 0) is 24.9 Å². The van der Waals surface area contributed by atoms with Crippen LogP contribution >= 0.6 is 11.3 Å². The Bertz CT molecular complexity index is 1630. The van der Waals surface area contributed by atoms with Crippen LogP contribution in [0.3, 0.4) is 0 Å². The molecular formula is C36H44IrNO2S-. The Balaban J connectivity index is 0.000000410. The first kappa shape index (κ1) is 26.1. The van der Waals surface area contributed by atoms with Gasteiger partial charge in [0.05, 0.1) is 10.5 Å². The molecule has 0 amide bonds. The number of nitrogens with zero attached hydrogens (tertiary/aromatic N) is 1. The fourth-order valence-corrected chi connectivity index (χ4v) is 5.93. The molecule has 3 nitrogen and oxygen atoms in total. The van der Waals surface area contributed by atoms with Gasteiger partial charge in [0.25, 0.3) is 0 Å². The molecule has 4 rings (SSSR count). The van der Waals surface area contributed by atoms with E-state index >= 15 is 0 Å². The van der Waals surface area contributed by atoms with E-state index < -0.39 is 13.7 Å². The standard InChI is InChI=1S/C23H20NS.C13H24O2.Ir/c1-14-8-15(2)10-18(9-14)20-11-19-12-21(25-22(19)13-24-20)23-16(3)6-5-7-17(23)4;1-5-10(6-2)12(14)9-13(15)11(7-3)8-4;/h5-9,11-13H,1-4H3;9-11,14H,5-8H2,1-4H3;/q-1;;/b;12-9-;/i3D3,4D3;;. The van der Waals surface area contributed by atoms with Gasteiger partial charge >= 0.3 is 0 Å². The number of aryl methyl sites for hydroxylation is 4. The molecule has 0 aliphatic carbocycles. The Kier molecular flexibility index (Phi) is 10.3. The van der Waals surface area contributed by atoms with E-state index in [4.69, 9.17) is 8.22 Å². The maximum absolute atomic E-state index is 11.7. The molecule has 0 saturated carbocycles. The zero-order chi connectivity index (χ0) is 34.4. The van der Waals surface area contributed by atoms with Crippen molar-refractivity contribution >= 4 is 27.2 Å². The summed E-state index contributed by atoms with van der Waals surface area (Å²) in [5.74, 6) is 0.547. The number of ketones is 1. The van der Waals surface area contributed by atoms with Crippen molar-refractivity contribution in [1.82, 2.24) is 4.98 Å². The predicted octanol–water partition coefficient (Wildman–Crippen LogP) is 10.5. The number of allylic oxidation sites excluding steroid dienone is 2. The fraction of sp³-hybridized carbons (Fsp3) is 0.389. The topological polar surface area (TPSA) is 50.2 Å². The number of aliphatic hydroxyl groups excluding tert-OH is 1. The van der Waals surface area contributed by atoms with Gasteiger partial charge in [-0.05, 0) is 73.2 Å². The number of benzene rings is 2. The molecule has 221 valence electrons. The van der Waals surface area contributed by atoms with E-state index in [-0.39, 0.29) is 60.2 Å². The second kappa shape index (κ2) is 16.2. The molecule has 2 heterocycles. The number of aromatic nitrogens is 1. The third-order valence-electron chi connectivity index (χ3n) is 7.22. The van der Waals surface area contributed by atoms with E-state index in [1.807, 2.05) is 65.8 Å². The summed E-state index contributed by atoms with van der Waals surface area (Å²) in [6.07, 6.45) is 6.65. The molecule has 2 aromatic carbocycles. The Hall–Kier alpha value is -2.59. The molecule has 0 bridgehead atoms. The molecule has 41 heavy (non-hydrogen) atoms. The minimum absolute atomic E-state index is 0. The zero-order valence-electron chi connectivity index (χ0n) is 30.7. The predicted molar refractivity (Wildman–Crippen MR) is 172 cm³/mol. The molecule has 1 radical (unpaired) electrons. The number of rotatable bonds is 9. The second-order valence-corrected chi connectivity index (χ2v) is 11.3. The smallest absolute Gasteiger partial charge is 0.162 e. The van der Waals surface area contributed by atoms with Gasteiger partial charge in [-0.2, -0.15) is 0 Å². The van der Waals surface area contributed by atoms with E-state index in [1.165, 1.54) is 35.6 Å². The monoisotopic (exact) mass is 753 g/mol. The van der Waals surface area contributed by atoms with Crippen molar-refractivity contribution in [3.63, 3.8) is 0 Å². The van der Waals surface area contributed by atoms with Crippen molar-refractivity contribution in [2.24, 2.45) is 11.8 Å². The van der Waals surface area contributed by atoms with Crippen LogP contribution in [0.15, 0.2) is 60.5 Å². The van der Waals surface area contributed by atoms with Gasteiger partial charge in [0.15, 0.2) is 5.78 Å². The molecule has 0 atom stereocenters. The number of pyridine rings is 1. The average Bonchev–Trinajstić information content (AvgIpc) is 3.40. The molecule has 0 aliphatic rings. The van der Waals surface area contributed by atoms with E-state index in [2.05, 4.69) is 11.1 Å². The third-order valence-corrected chi connectivity index (χ3v) is 8.32. The van der Waals surface area contributed by atoms with Crippen LogP contribution in [0, 0.1) is 45.5 Å². The Labute approximate surface area is 272 Å². The first-order chi connectivity index (χ1) is 21.5. The first-order valence-corrected chi connectivity index (χ1v) is 14.8. The van der Waals surface area contributed by atoms with Crippen LogP contribution < -0.4 is 0 Å². The van der Waals surface area contributed by atoms with Crippen molar-refractivity contribution < 1.29 is 38.2 Å². The molecule has 0 unspecified atom stereocenters. The number of hydrogen-bond donors (Lipinski definition) is 1. The van der Waals surface area contributed by atoms with E-state index in [0.29, 0.717) is 4.88 Å². The quantitative estimate of drug-likeness (QED) is 0.105. The average molecular weight is 753 g/mol. The number of fused-ring (bicyclic) bond motifs is 1. The Morgan fingerprint density at radius 3 is 2.20 bits per heavy atom. The van der Waals surface area contributed by atoms with Crippen LogP contribution in [-0.4, -0.2) is 15.9 Å². The minimum Gasteiger partial charge on any atom is -0.512 e. The molecule has 0 spiro atoms. The maximum atomic E-state index is 11.7. The summed E-state index contributed by atoms with van der Waals surface area (Å²) in [4.78, 5) is 16.9. The molecule has 0 aliphatic heterocycles. The summed E-state index contributed by atoms with van der Waals surface area (Å²) >= 11 is 1.35. The zero-order valence-corrected chi connectivity index (χ0v) is 27.9. The molecular weight excluding hydrogens is 703 g/mol. The summed E-state index contributed by atoms with van der Waals surface area (Å²) in [6, 6.07) is 15.6. The summed E-state index contributed by atoms with van der Waals surface area (Å²) < 4.78 is 48.4. The van der Waals surface area contributed by atoms with Gasteiger partial charge in [0.2, 0.25) is 0 Å². The molecule has 1 N–H and O–H groups in total. The number of thiophene rings is 1. The second-order valence-electron chi connectivity index (χ2n) is 10.2.